The molecule has 0 spiro atoms. The lowest BCUT2D eigenvalue weighted by molar-refractivity contribution is 0.580. The standard InChI is InChI=1S/C18H18N6OS/c1-11-8-9-19-18-20-15(23-24(11)18)17-22-21-16(25-17)14-10-12-6-4-2-3-5-7-13(12)26-14/h8-10H,2-7H2,1H3. The van der Waals surface area contributed by atoms with Crippen LogP contribution >= 0.6 is 11.3 Å². The van der Waals surface area contributed by atoms with Crippen LogP contribution in [0.2, 0.25) is 0 Å². The molecule has 0 saturated heterocycles. The Labute approximate surface area is 154 Å². The molecule has 0 saturated carbocycles. The van der Waals surface area contributed by atoms with E-state index in [1.165, 1.54) is 36.1 Å². The van der Waals surface area contributed by atoms with E-state index in [1.54, 1.807) is 22.0 Å². The van der Waals surface area contributed by atoms with Crippen LogP contribution in [0.5, 0.6) is 0 Å². The molecule has 0 unspecified atom stereocenters. The molecular weight excluding hydrogens is 348 g/mol. The summed E-state index contributed by atoms with van der Waals surface area (Å²) < 4.78 is 7.56. The number of hydrogen-bond donors (Lipinski definition) is 0. The quantitative estimate of drug-likeness (QED) is 0.536. The summed E-state index contributed by atoms with van der Waals surface area (Å²) in [7, 11) is 0. The van der Waals surface area contributed by atoms with Gasteiger partial charge >= 0.3 is 0 Å². The Morgan fingerprint density at radius 2 is 1.92 bits per heavy atom. The van der Waals surface area contributed by atoms with Gasteiger partial charge in [-0.05, 0) is 50.3 Å². The van der Waals surface area contributed by atoms with E-state index < -0.39 is 0 Å². The smallest absolute Gasteiger partial charge is 0.288 e. The Balaban J connectivity index is 1.49. The predicted molar refractivity (Wildman–Crippen MR) is 98.0 cm³/mol. The van der Waals surface area contributed by atoms with Gasteiger partial charge < -0.3 is 4.42 Å². The Morgan fingerprint density at radius 3 is 2.81 bits per heavy atom. The summed E-state index contributed by atoms with van der Waals surface area (Å²) in [5.74, 6) is 1.80. The zero-order chi connectivity index (χ0) is 17.5. The zero-order valence-electron chi connectivity index (χ0n) is 14.5. The van der Waals surface area contributed by atoms with E-state index in [0.29, 0.717) is 23.4 Å². The van der Waals surface area contributed by atoms with Gasteiger partial charge in [0.2, 0.25) is 5.82 Å². The average Bonchev–Trinajstić information content (AvgIpc) is 3.32. The van der Waals surface area contributed by atoms with Gasteiger partial charge in [0.25, 0.3) is 17.6 Å². The molecular formula is C18H18N6OS. The van der Waals surface area contributed by atoms with Gasteiger partial charge in [-0.3, -0.25) is 0 Å². The van der Waals surface area contributed by atoms with Crippen LogP contribution in [-0.4, -0.2) is 29.8 Å². The third kappa shape index (κ3) is 2.70. The first kappa shape index (κ1) is 15.6. The van der Waals surface area contributed by atoms with Crippen molar-refractivity contribution in [1.82, 2.24) is 29.8 Å². The fraction of sp³-hybridized carbons (Fsp3) is 0.389. The van der Waals surface area contributed by atoms with Crippen molar-refractivity contribution in [2.24, 2.45) is 0 Å². The van der Waals surface area contributed by atoms with Gasteiger partial charge in [-0.25, -0.2) is 9.50 Å². The largest absolute Gasteiger partial charge is 0.413 e. The third-order valence-electron chi connectivity index (χ3n) is 4.75. The number of aromatic nitrogens is 6. The van der Waals surface area contributed by atoms with Gasteiger partial charge in [0.1, 0.15) is 0 Å². The summed E-state index contributed by atoms with van der Waals surface area (Å²) in [6.45, 7) is 1.95. The number of hydrogen-bond acceptors (Lipinski definition) is 7. The van der Waals surface area contributed by atoms with Crippen LogP contribution < -0.4 is 0 Å². The van der Waals surface area contributed by atoms with Crippen molar-refractivity contribution in [2.75, 3.05) is 0 Å². The molecule has 4 heterocycles. The number of aryl methyl sites for hydroxylation is 3. The van der Waals surface area contributed by atoms with Crippen molar-refractivity contribution in [3.8, 4) is 22.5 Å². The fourth-order valence-corrected chi connectivity index (χ4v) is 4.53. The summed E-state index contributed by atoms with van der Waals surface area (Å²) in [6, 6.07) is 4.09. The van der Waals surface area contributed by atoms with E-state index in [9.17, 15) is 0 Å². The highest BCUT2D eigenvalue weighted by Crippen LogP contribution is 2.34. The minimum Gasteiger partial charge on any atom is -0.413 e. The molecule has 1 aliphatic carbocycles. The molecule has 5 rings (SSSR count). The van der Waals surface area contributed by atoms with Crippen molar-refractivity contribution < 1.29 is 4.42 Å². The second-order valence-electron chi connectivity index (χ2n) is 6.62. The maximum Gasteiger partial charge on any atom is 0.288 e. The minimum absolute atomic E-state index is 0.325. The van der Waals surface area contributed by atoms with Gasteiger partial charge in [-0.1, -0.05) is 12.8 Å². The molecule has 4 aromatic heterocycles. The monoisotopic (exact) mass is 366 g/mol. The second kappa shape index (κ2) is 6.28. The normalized spacial score (nSPS) is 15.0. The van der Waals surface area contributed by atoms with Crippen LogP contribution in [0.3, 0.4) is 0 Å². The highest BCUT2D eigenvalue weighted by molar-refractivity contribution is 7.15. The zero-order valence-corrected chi connectivity index (χ0v) is 15.3. The van der Waals surface area contributed by atoms with Crippen molar-refractivity contribution in [1.29, 1.82) is 0 Å². The highest BCUT2D eigenvalue weighted by atomic mass is 32.1. The molecule has 1 aliphatic rings. The molecule has 132 valence electrons. The van der Waals surface area contributed by atoms with Crippen LogP contribution in [0.1, 0.15) is 41.8 Å². The summed E-state index contributed by atoms with van der Waals surface area (Å²) in [5, 5.41) is 12.8. The Bertz CT molecular complexity index is 1050. The number of rotatable bonds is 2. The Kier molecular flexibility index (Phi) is 3.77. The predicted octanol–water partition coefficient (Wildman–Crippen LogP) is 3.87. The summed E-state index contributed by atoms with van der Waals surface area (Å²) in [6.07, 6.45) is 9.18. The van der Waals surface area contributed by atoms with Crippen LogP contribution in [0.25, 0.3) is 28.3 Å². The van der Waals surface area contributed by atoms with Crippen molar-refractivity contribution in [2.45, 2.75) is 45.4 Å². The summed E-state index contributed by atoms with van der Waals surface area (Å²) >= 11 is 1.77. The lowest BCUT2D eigenvalue weighted by atomic mass is 10.00. The fourth-order valence-electron chi connectivity index (χ4n) is 3.36. The lowest BCUT2D eigenvalue weighted by Crippen LogP contribution is -1.94. The first-order valence-electron chi connectivity index (χ1n) is 8.92. The molecule has 0 aliphatic heterocycles. The molecule has 26 heavy (non-hydrogen) atoms. The molecule has 0 N–H and O–H groups in total. The highest BCUT2D eigenvalue weighted by Gasteiger charge is 2.19. The maximum atomic E-state index is 5.89. The Hall–Kier alpha value is -2.61. The van der Waals surface area contributed by atoms with Crippen molar-refractivity contribution >= 4 is 17.1 Å². The topological polar surface area (TPSA) is 82.0 Å². The molecule has 4 aromatic rings. The SMILES string of the molecule is Cc1ccnc2nc(-c3nnc(-c4cc5c(s4)CCCCCC5)o3)nn12. The van der Waals surface area contributed by atoms with E-state index in [-0.39, 0.29) is 0 Å². The van der Waals surface area contributed by atoms with E-state index in [4.69, 9.17) is 4.42 Å². The van der Waals surface area contributed by atoms with Crippen LogP contribution in [0.4, 0.5) is 0 Å². The van der Waals surface area contributed by atoms with E-state index in [1.807, 2.05) is 13.0 Å². The van der Waals surface area contributed by atoms with Gasteiger partial charge in [-0.15, -0.1) is 26.6 Å². The molecule has 0 atom stereocenters. The van der Waals surface area contributed by atoms with Gasteiger partial charge in [0.05, 0.1) is 4.88 Å². The van der Waals surface area contributed by atoms with Crippen LogP contribution in [-0.2, 0) is 12.8 Å². The summed E-state index contributed by atoms with van der Waals surface area (Å²) in [4.78, 5) is 11.1. The van der Waals surface area contributed by atoms with Gasteiger partial charge in [0, 0.05) is 16.8 Å². The van der Waals surface area contributed by atoms with E-state index in [2.05, 4.69) is 31.3 Å². The second-order valence-corrected chi connectivity index (χ2v) is 7.76. The maximum absolute atomic E-state index is 5.89. The van der Waals surface area contributed by atoms with Crippen LogP contribution in [0, 0.1) is 6.92 Å². The molecule has 0 radical (unpaired) electrons. The van der Waals surface area contributed by atoms with Crippen LogP contribution in [0.15, 0.2) is 22.7 Å². The van der Waals surface area contributed by atoms with E-state index in [0.717, 1.165) is 23.4 Å². The minimum atomic E-state index is 0.325. The number of nitrogens with zero attached hydrogens (tertiary/aromatic N) is 6. The number of fused-ring (bicyclic) bond motifs is 2. The lowest BCUT2D eigenvalue weighted by Gasteiger charge is -2.07. The molecule has 0 fully saturated rings. The van der Waals surface area contributed by atoms with E-state index >= 15 is 0 Å². The van der Waals surface area contributed by atoms with Crippen molar-refractivity contribution in [3.05, 3.63) is 34.5 Å². The van der Waals surface area contributed by atoms with Gasteiger partial charge in [0.15, 0.2) is 0 Å². The molecule has 8 heteroatoms. The molecule has 0 aromatic carbocycles. The van der Waals surface area contributed by atoms with Gasteiger partial charge in [-0.2, -0.15) is 4.98 Å². The number of thiophene rings is 1. The first-order chi connectivity index (χ1) is 12.8. The van der Waals surface area contributed by atoms with Crippen molar-refractivity contribution in [3.63, 3.8) is 0 Å². The Morgan fingerprint density at radius 1 is 1.08 bits per heavy atom. The first-order valence-corrected chi connectivity index (χ1v) is 9.74. The molecule has 0 bridgehead atoms. The summed E-state index contributed by atoms with van der Waals surface area (Å²) in [5.41, 5.74) is 2.39. The average molecular weight is 366 g/mol. The third-order valence-corrected chi connectivity index (χ3v) is 5.98. The molecule has 7 nitrogen and oxygen atoms in total. The molecule has 0 amide bonds.